The lowest BCUT2D eigenvalue weighted by molar-refractivity contribution is 0.0901. The third kappa shape index (κ3) is 1.91. The number of benzene rings is 1. The summed E-state index contributed by atoms with van der Waals surface area (Å²) in [6, 6.07) is 9.52. The number of fused-ring (bicyclic) bond motifs is 1. The van der Waals surface area contributed by atoms with E-state index < -0.39 is 6.17 Å². The fourth-order valence-corrected chi connectivity index (χ4v) is 2.91. The molecule has 1 aromatic heterocycles. The SMILES string of the molecule is CC1(C(=O)c2nc3n(n2)[C@H](c2ccccc2)C[C@@H]3F)CC1. The van der Waals surface area contributed by atoms with Crippen LogP contribution < -0.4 is 0 Å². The molecule has 4 rings (SSSR count). The van der Waals surface area contributed by atoms with Crippen LogP contribution in [-0.4, -0.2) is 20.5 Å². The quantitative estimate of drug-likeness (QED) is 0.813. The topological polar surface area (TPSA) is 47.8 Å². The summed E-state index contributed by atoms with van der Waals surface area (Å²) < 4.78 is 15.8. The first-order valence-corrected chi connectivity index (χ1v) is 7.29. The van der Waals surface area contributed by atoms with Crippen molar-refractivity contribution in [2.75, 3.05) is 0 Å². The van der Waals surface area contributed by atoms with E-state index in [-0.39, 0.29) is 28.9 Å². The number of hydrogen-bond acceptors (Lipinski definition) is 3. The Hall–Kier alpha value is -2.04. The van der Waals surface area contributed by atoms with Crippen LogP contribution in [-0.2, 0) is 0 Å². The number of Topliss-reactive ketones (excluding diaryl/α,β-unsaturated/α-hetero) is 1. The molecule has 2 heterocycles. The van der Waals surface area contributed by atoms with Crippen molar-refractivity contribution in [2.24, 2.45) is 5.41 Å². The zero-order valence-corrected chi connectivity index (χ0v) is 11.8. The van der Waals surface area contributed by atoms with Crippen molar-refractivity contribution >= 4 is 5.78 Å². The molecule has 0 amide bonds. The zero-order chi connectivity index (χ0) is 14.6. The van der Waals surface area contributed by atoms with Gasteiger partial charge in [0, 0.05) is 11.8 Å². The Kier molecular flexibility index (Phi) is 2.55. The Morgan fingerprint density at radius 2 is 2.05 bits per heavy atom. The van der Waals surface area contributed by atoms with Gasteiger partial charge < -0.3 is 0 Å². The van der Waals surface area contributed by atoms with E-state index >= 15 is 0 Å². The highest BCUT2D eigenvalue weighted by atomic mass is 19.1. The number of carbonyl (C=O) groups is 1. The summed E-state index contributed by atoms with van der Waals surface area (Å²) in [4.78, 5) is 16.5. The predicted octanol–water partition coefficient (Wildman–Crippen LogP) is 3.26. The highest BCUT2D eigenvalue weighted by Gasteiger charge is 2.48. The molecule has 1 aromatic carbocycles. The van der Waals surface area contributed by atoms with E-state index in [1.54, 1.807) is 4.68 Å². The molecule has 0 N–H and O–H groups in total. The third-order valence-electron chi connectivity index (χ3n) is 4.60. The van der Waals surface area contributed by atoms with E-state index in [0.717, 1.165) is 18.4 Å². The molecule has 21 heavy (non-hydrogen) atoms. The smallest absolute Gasteiger partial charge is 0.218 e. The van der Waals surface area contributed by atoms with E-state index in [0.29, 0.717) is 6.42 Å². The standard InChI is InChI=1S/C16H16FN3O/c1-16(7-8-16)13(21)14-18-15-11(17)9-12(20(15)19-14)10-5-3-2-4-6-10/h2-6,11-12H,7-9H2,1H3/t11-,12-/m0/s1. The molecular formula is C16H16FN3O. The van der Waals surface area contributed by atoms with Gasteiger partial charge in [-0.25, -0.2) is 14.1 Å². The van der Waals surface area contributed by atoms with Gasteiger partial charge in [-0.2, -0.15) is 0 Å². The van der Waals surface area contributed by atoms with Crippen LogP contribution >= 0.6 is 0 Å². The molecule has 108 valence electrons. The third-order valence-corrected chi connectivity index (χ3v) is 4.60. The van der Waals surface area contributed by atoms with Crippen molar-refractivity contribution in [3.05, 3.63) is 47.5 Å². The zero-order valence-electron chi connectivity index (χ0n) is 11.8. The summed E-state index contributed by atoms with van der Waals surface area (Å²) in [5, 5.41) is 4.32. The number of hydrogen-bond donors (Lipinski definition) is 0. The summed E-state index contributed by atoms with van der Waals surface area (Å²) in [6.45, 7) is 1.92. The van der Waals surface area contributed by atoms with Gasteiger partial charge in [-0.3, -0.25) is 4.79 Å². The van der Waals surface area contributed by atoms with Crippen molar-refractivity contribution in [3.8, 4) is 0 Å². The lowest BCUT2D eigenvalue weighted by Gasteiger charge is -2.11. The number of aromatic nitrogens is 3. The molecule has 0 spiro atoms. The summed E-state index contributed by atoms with van der Waals surface area (Å²) in [5.74, 6) is 0.410. The molecule has 2 aromatic rings. The molecule has 2 aliphatic rings. The van der Waals surface area contributed by atoms with Crippen LogP contribution in [0, 0.1) is 5.41 Å². The number of rotatable bonds is 3. The predicted molar refractivity (Wildman–Crippen MR) is 74.7 cm³/mol. The van der Waals surface area contributed by atoms with Crippen molar-refractivity contribution < 1.29 is 9.18 Å². The Morgan fingerprint density at radius 3 is 2.71 bits per heavy atom. The van der Waals surface area contributed by atoms with Gasteiger partial charge in [-0.1, -0.05) is 37.3 Å². The van der Waals surface area contributed by atoms with E-state index in [4.69, 9.17) is 0 Å². The summed E-state index contributed by atoms with van der Waals surface area (Å²) in [6.07, 6.45) is 0.926. The minimum atomic E-state index is -1.16. The largest absolute Gasteiger partial charge is 0.290 e. The molecule has 0 bridgehead atoms. The first kappa shape index (κ1) is 12.7. The fourth-order valence-electron chi connectivity index (χ4n) is 2.91. The number of carbonyl (C=O) groups excluding carboxylic acids is 1. The molecule has 5 heteroatoms. The van der Waals surface area contributed by atoms with E-state index in [1.165, 1.54) is 0 Å². The van der Waals surface area contributed by atoms with Crippen LogP contribution in [0.3, 0.4) is 0 Å². The van der Waals surface area contributed by atoms with Crippen LogP contribution in [0.5, 0.6) is 0 Å². The molecule has 2 atom stereocenters. The van der Waals surface area contributed by atoms with Gasteiger partial charge in [0.15, 0.2) is 12.0 Å². The van der Waals surface area contributed by atoms with Gasteiger partial charge in [0.2, 0.25) is 11.6 Å². The number of halogens is 1. The van der Waals surface area contributed by atoms with Crippen LogP contribution in [0.1, 0.15) is 60.4 Å². The van der Waals surface area contributed by atoms with Gasteiger partial charge in [0.05, 0.1) is 6.04 Å². The molecule has 1 aliphatic carbocycles. The Balaban J connectivity index is 1.73. The van der Waals surface area contributed by atoms with Crippen LogP contribution in [0.15, 0.2) is 30.3 Å². The monoisotopic (exact) mass is 285 g/mol. The van der Waals surface area contributed by atoms with Crippen LogP contribution in [0.25, 0.3) is 0 Å². The summed E-state index contributed by atoms with van der Waals surface area (Å²) in [5.41, 5.74) is 0.678. The Labute approximate surface area is 122 Å². The van der Waals surface area contributed by atoms with E-state index in [9.17, 15) is 9.18 Å². The van der Waals surface area contributed by atoms with Crippen molar-refractivity contribution in [3.63, 3.8) is 0 Å². The molecular weight excluding hydrogens is 269 g/mol. The molecule has 4 nitrogen and oxygen atoms in total. The molecule has 1 fully saturated rings. The second kappa shape index (κ2) is 4.23. The van der Waals surface area contributed by atoms with Crippen molar-refractivity contribution in [1.82, 2.24) is 14.8 Å². The average Bonchev–Trinajstić information content (AvgIpc) is 2.98. The van der Waals surface area contributed by atoms with Gasteiger partial charge in [-0.15, -0.1) is 5.10 Å². The lowest BCUT2D eigenvalue weighted by Crippen LogP contribution is -2.15. The highest BCUT2D eigenvalue weighted by molar-refractivity contribution is 5.98. The number of ketones is 1. The van der Waals surface area contributed by atoms with Gasteiger partial charge in [0.25, 0.3) is 0 Å². The first-order valence-electron chi connectivity index (χ1n) is 7.29. The average molecular weight is 285 g/mol. The summed E-state index contributed by atoms with van der Waals surface area (Å²) >= 11 is 0. The van der Waals surface area contributed by atoms with Crippen molar-refractivity contribution in [2.45, 2.75) is 38.4 Å². The Bertz CT molecular complexity index is 706. The minimum absolute atomic E-state index is 0.0524. The van der Waals surface area contributed by atoms with E-state index in [2.05, 4.69) is 10.1 Å². The van der Waals surface area contributed by atoms with Gasteiger partial charge in [-0.05, 0) is 18.4 Å². The fraction of sp³-hybridized carbons (Fsp3) is 0.438. The summed E-state index contributed by atoms with van der Waals surface area (Å²) in [7, 11) is 0. The maximum absolute atomic E-state index is 14.2. The second-order valence-electron chi connectivity index (χ2n) is 6.26. The normalized spacial score (nSPS) is 25.6. The maximum atomic E-state index is 14.2. The number of alkyl halides is 1. The second-order valence-corrected chi connectivity index (χ2v) is 6.26. The van der Waals surface area contributed by atoms with Gasteiger partial charge >= 0.3 is 0 Å². The molecule has 1 saturated carbocycles. The van der Waals surface area contributed by atoms with Crippen molar-refractivity contribution in [1.29, 1.82) is 0 Å². The number of nitrogens with zero attached hydrogens (tertiary/aromatic N) is 3. The Morgan fingerprint density at radius 1 is 1.33 bits per heavy atom. The van der Waals surface area contributed by atoms with Crippen LogP contribution in [0.2, 0.25) is 0 Å². The molecule has 0 saturated heterocycles. The van der Waals surface area contributed by atoms with E-state index in [1.807, 2.05) is 37.3 Å². The highest BCUT2D eigenvalue weighted by Crippen LogP contribution is 2.48. The minimum Gasteiger partial charge on any atom is -0.290 e. The molecule has 1 aliphatic heterocycles. The van der Waals surface area contributed by atoms with Gasteiger partial charge in [0.1, 0.15) is 0 Å². The van der Waals surface area contributed by atoms with Crippen LogP contribution in [0.4, 0.5) is 4.39 Å². The maximum Gasteiger partial charge on any atom is 0.218 e. The molecule has 0 radical (unpaired) electrons. The lowest BCUT2D eigenvalue weighted by atomic mass is 10.0. The first-order chi connectivity index (χ1) is 10.1. The molecule has 0 unspecified atom stereocenters.